The quantitative estimate of drug-likeness (QED) is 0.845. The molecular formula is C11H14N4O2. The molecule has 17 heavy (non-hydrogen) atoms. The largest absolute Gasteiger partial charge is 0.467 e. The lowest BCUT2D eigenvalue weighted by Gasteiger charge is -2.15. The van der Waals surface area contributed by atoms with E-state index in [1.165, 1.54) is 4.68 Å². The maximum absolute atomic E-state index is 11.8. The molecule has 2 aromatic rings. The first-order valence-corrected chi connectivity index (χ1v) is 5.20. The summed E-state index contributed by atoms with van der Waals surface area (Å²) in [6.07, 6.45) is 3.26. The van der Waals surface area contributed by atoms with Crippen LogP contribution in [0.1, 0.15) is 5.76 Å². The molecule has 0 saturated heterocycles. The van der Waals surface area contributed by atoms with Gasteiger partial charge in [-0.05, 0) is 18.2 Å². The van der Waals surface area contributed by atoms with Gasteiger partial charge in [0, 0.05) is 13.2 Å². The molecule has 0 saturated carbocycles. The summed E-state index contributed by atoms with van der Waals surface area (Å²) in [5.74, 6) is 1.11. The summed E-state index contributed by atoms with van der Waals surface area (Å²) in [6, 6.07) is 5.28. The maximum Gasteiger partial charge on any atom is 0.244 e. The molecule has 0 unspecified atom stereocenters. The number of nitrogen functional groups attached to an aromatic ring is 1. The van der Waals surface area contributed by atoms with Gasteiger partial charge in [-0.1, -0.05) is 0 Å². The zero-order valence-corrected chi connectivity index (χ0v) is 9.54. The average Bonchev–Trinajstić information content (AvgIpc) is 2.90. The number of nitrogens with zero attached hydrogens (tertiary/aromatic N) is 3. The summed E-state index contributed by atoms with van der Waals surface area (Å²) < 4.78 is 6.68. The zero-order chi connectivity index (χ0) is 12.3. The number of hydrogen-bond donors (Lipinski definition) is 1. The fraction of sp³-hybridized carbons (Fsp3) is 0.273. The van der Waals surface area contributed by atoms with Gasteiger partial charge in [0.1, 0.15) is 18.1 Å². The van der Waals surface area contributed by atoms with Crippen molar-refractivity contribution in [1.82, 2.24) is 14.7 Å². The summed E-state index contributed by atoms with van der Waals surface area (Å²) in [4.78, 5) is 13.4. The molecule has 6 heteroatoms. The second-order valence-corrected chi connectivity index (χ2v) is 3.77. The molecule has 90 valence electrons. The zero-order valence-electron chi connectivity index (χ0n) is 9.54. The molecule has 0 aliphatic rings. The van der Waals surface area contributed by atoms with Gasteiger partial charge < -0.3 is 15.1 Å². The van der Waals surface area contributed by atoms with E-state index < -0.39 is 0 Å². The van der Waals surface area contributed by atoms with Gasteiger partial charge in [-0.25, -0.2) is 0 Å². The van der Waals surface area contributed by atoms with Crippen LogP contribution in [-0.4, -0.2) is 27.6 Å². The Kier molecular flexibility index (Phi) is 3.13. The van der Waals surface area contributed by atoms with E-state index in [0.717, 1.165) is 5.76 Å². The van der Waals surface area contributed by atoms with Crippen molar-refractivity contribution >= 4 is 11.7 Å². The van der Waals surface area contributed by atoms with Gasteiger partial charge in [0.15, 0.2) is 0 Å². The standard InChI is InChI=1S/C11H14N4O2/c1-14(7-9-3-2-6-17-9)11(16)8-15-5-4-10(12)13-15/h2-6H,7-8H2,1H3,(H2,12,13). The molecular weight excluding hydrogens is 220 g/mol. The van der Waals surface area contributed by atoms with Gasteiger partial charge in [-0.2, -0.15) is 5.10 Å². The van der Waals surface area contributed by atoms with E-state index >= 15 is 0 Å². The minimum Gasteiger partial charge on any atom is -0.467 e. The Morgan fingerprint density at radius 1 is 1.59 bits per heavy atom. The Morgan fingerprint density at radius 2 is 2.41 bits per heavy atom. The van der Waals surface area contributed by atoms with E-state index in [1.54, 1.807) is 36.5 Å². The molecule has 0 atom stereocenters. The molecule has 1 amide bonds. The van der Waals surface area contributed by atoms with Crippen LogP contribution in [0.3, 0.4) is 0 Å². The van der Waals surface area contributed by atoms with Crippen molar-refractivity contribution in [2.24, 2.45) is 0 Å². The summed E-state index contributed by atoms with van der Waals surface area (Å²) in [6.45, 7) is 0.622. The third-order valence-electron chi connectivity index (χ3n) is 2.36. The van der Waals surface area contributed by atoms with Crippen molar-refractivity contribution in [2.45, 2.75) is 13.1 Å². The molecule has 2 aromatic heterocycles. The first-order valence-electron chi connectivity index (χ1n) is 5.20. The topological polar surface area (TPSA) is 77.3 Å². The number of aromatic nitrogens is 2. The Hall–Kier alpha value is -2.24. The number of anilines is 1. The van der Waals surface area contributed by atoms with Crippen LogP contribution < -0.4 is 5.73 Å². The first-order chi connectivity index (χ1) is 8.15. The van der Waals surface area contributed by atoms with Crippen LogP contribution in [0.4, 0.5) is 5.82 Å². The van der Waals surface area contributed by atoms with Crippen molar-refractivity contribution in [1.29, 1.82) is 0 Å². The minimum absolute atomic E-state index is 0.0514. The van der Waals surface area contributed by atoms with E-state index in [-0.39, 0.29) is 12.5 Å². The van der Waals surface area contributed by atoms with Crippen LogP contribution in [-0.2, 0) is 17.9 Å². The fourth-order valence-corrected chi connectivity index (χ4v) is 1.45. The Morgan fingerprint density at radius 3 is 3.00 bits per heavy atom. The third kappa shape index (κ3) is 2.87. The number of carbonyl (C=O) groups is 1. The van der Waals surface area contributed by atoms with Crippen molar-refractivity contribution in [3.8, 4) is 0 Å². The molecule has 0 radical (unpaired) electrons. The minimum atomic E-state index is -0.0514. The predicted molar refractivity (Wildman–Crippen MR) is 61.8 cm³/mol. The lowest BCUT2D eigenvalue weighted by atomic mass is 10.4. The molecule has 0 aliphatic carbocycles. The molecule has 2 N–H and O–H groups in total. The van der Waals surface area contributed by atoms with Gasteiger partial charge >= 0.3 is 0 Å². The first kappa shape index (κ1) is 11.3. The smallest absolute Gasteiger partial charge is 0.244 e. The van der Waals surface area contributed by atoms with E-state index in [9.17, 15) is 4.79 Å². The lowest BCUT2D eigenvalue weighted by Crippen LogP contribution is -2.29. The number of amides is 1. The highest BCUT2D eigenvalue weighted by atomic mass is 16.3. The summed E-state index contributed by atoms with van der Waals surface area (Å²) >= 11 is 0. The summed E-state index contributed by atoms with van der Waals surface area (Å²) in [5, 5.41) is 3.95. The SMILES string of the molecule is CN(Cc1ccco1)C(=O)Cn1ccc(N)n1. The predicted octanol–water partition coefficient (Wildman–Crippen LogP) is 0.717. The molecule has 2 rings (SSSR count). The highest BCUT2D eigenvalue weighted by Crippen LogP contribution is 2.05. The Bertz CT molecular complexity index is 489. The van der Waals surface area contributed by atoms with E-state index in [0.29, 0.717) is 12.4 Å². The van der Waals surface area contributed by atoms with E-state index in [4.69, 9.17) is 10.2 Å². The second kappa shape index (κ2) is 4.73. The van der Waals surface area contributed by atoms with Gasteiger partial charge in [0.25, 0.3) is 0 Å². The van der Waals surface area contributed by atoms with E-state index in [1.807, 2.05) is 6.07 Å². The monoisotopic (exact) mass is 234 g/mol. The second-order valence-electron chi connectivity index (χ2n) is 3.77. The Labute approximate surface area is 98.6 Å². The molecule has 0 spiro atoms. The van der Waals surface area contributed by atoms with Crippen molar-refractivity contribution in [3.05, 3.63) is 36.4 Å². The van der Waals surface area contributed by atoms with Gasteiger partial charge in [0.05, 0.1) is 12.8 Å². The molecule has 2 heterocycles. The molecule has 0 bridgehead atoms. The number of hydrogen-bond acceptors (Lipinski definition) is 4. The van der Waals surface area contributed by atoms with Crippen molar-refractivity contribution < 1.29 is 9.21 Å². The van der Waals surface area contributed by atoms with Gasteiger partial charge in [-0.15, -0.1) is 0 Å². The Balaban J connectivity index is 1.91. The number of furan rings is 1. The summed E-state index contributed by atoms with van der Waals surface area (Å²) in [5.41, 5.74) is 5.47. The van der Waals surface area contributed by atoms with Gasteiger partial charge in [-0.3, -0.25) is 9.48 Å². The maximum atomic E-state index is 11.8. The third-order valence-corrected chi connectivity index (χ3v) is 2.36. The summed E-state index contributed by atoms with van der Waals surface area (Å²) in [7, 11) is 1.72. The van der Waals surface area contributed by atoms with Gasteiger partial charge in [0.2, 0.25) is 5.91 Å². The normalized spacial score (nSPS) is 10.4. The number of carbonyl (C=O) groups excluding carboxylic acids is 1. The number of nitrogens with two attached hydrogens (primary N) is 1. The van der Waals surface area contributed by atoms with Crippen LogP contribution in [0.5, 0.6) is 0 Å². The van der Waals surface area contributed by atoms with Crippen LogP contribution in [0.15, 0.2) is 35.1 Å². The number of rotatable bonds is 4. The highest BCUT2D eigenvalue weighted by molar-refractivity contribution is 5.75. The van der Waals surface area contributed by atoms with Crippen LogP contribution in [0, 0.1) is 0 Å². The molecule has 0 aromatic carbocycles. The number of likely N-dealkylation sites (N-methyl/N-ethyl adjacent to an activating group) is 1. The van der Waals surface area contributed by atoms with Crippen molar-refractivity contribution in [3.63, 3.8) is 0 Å². The molecule has 0 aliphatic heterocycles. The molecule has 0 fully saturated rings. The lowest BCUT2D eigenvalue weighted by molar-refractivity contribution is -0.131. The highest BCUT2D eigenvalue weighted by Gasteiger charge is 2.11. The van der Waals surface area contributed by atoms with E-state index in [2.05, 4.69) is 5.10 Å². The van der Waals surface area contributed by atoms with Crippen LogP contribution in [0.2, 0.25) is 0 Å². The van der Waals surface area contributed by atoms with Crippen LogP contribution in [0.25, 0.3) is 0 Å². The fourth-order valence-electron chi connectivity index (χ4n) is 1.45. The molecule has 6 nitrogen and oxygen atoms in total. The van der Waals surface area contributed by atoms with Crippen molar-refractivity contribution in [2.75, 3.05) is 12.8 Å². The van der Waals surface area contributed by atoms with Crippen LogP contribution >= 0.6 is 0 Å². The average molecular weight is 234 g/mol.